The summed E-state index contributed by atoms with van der Waals surface area (Å²) in [5.41, 5.74) is 4.14. The monoisotopic (exact) mass is 536 g/mol. The Kier molecular flexibility index (Phi) is 7.76. The topological polar surface area (TPSA) is 69.0 Å². The maximum absolute atomic E-state index is 12.5. The highest BCUT2D eigenvalue weighted by Gasteiger charge is 2.15. The van der Waals surface area contributed by atoms with Crippen LogP contribution in [0, 0.1) is 24.3 Å². The first kappa shape index (κ1) is 22.6. The Balaban J connectivity index is 1.61. The van der Waals surface area contributed by atoms with E-state index in [9.17, 15) is 4.79 Å². The normalized spacial score (nSPS) is 10.8. The van der Waals surface area contributed by atoms with Crippen LogP contribution < -0.4 is 10.1 Å². The van der Waals surface area contributed by atoms with Crippen LogP contribution >= 0.6 is 34.4 Å². The van der Waals surface area contributed by atoms with Crippen molar-refractivity contribution < 1.29 is 9.53 Å². The molecule has 1 N–H and O–H groups in total. The lowest BCUT2D eigenvalue weighted by Gasteiger charge is -2.12. The molecule has 1 aromatic heterocycles. The number of nitrogens with zero attached hydrogens (tertiary/aromatic N) is 3. The van der Waals surface area contributed by atoms with E-state index in [0.717, 1.165) is 37.5 Å². The van der Waals surface area contributed by atoms with Gasteiger partial charge in [-0.15, -0.1) is 10.2 Å². The number of benzene rings is 2. The van der Waals surface area contributed by atoms with Crippen LogP contribution in [0.2, 0.25) is 0 Å². The number of nitrogens with one attached hydrogen (secondary N) is 1. The highest BCUT2D eigenvalue weighted by atomic mass is 127. The molecule has 0 radical (unpaired) electrons. The van der Waals surface area contributed by atoms with Crippen molar-refractivity contribution in [1.29, 1.82) is 0 Å². The van der Waals surface area contributed by atoms with E-state index in [1.807, 2.05) is 56.5 Å². The Labute approximate surface area is 195 Å². The molecule has 0 aliphatic carbocycles. The first-order valence-corrected chi connectivity index (χ1v) is 11.7. The average Bonchev–Trinajstić information content (AvgIpc) is 3.09. The lowest BCUT2D eigenvalue weighted by atomic mass is 10.1. The number of aromatic nitrogens is 3. The third-order valence-electron chi connectivity index (χ3n) is 4.56. The average molecular weight is 536 g/mol. The number of rotatable bonds is 8. The zero-order valence-electron chi connectivity index (χ0n) is 17.5. The van der Waals surface area contributed by atoms with Crippen LogP contribution in [0.1, 0.15) is 29.4 Å². The van der Waals surface area contributed by atoms with Crippen molar-refractivity contribution in [1.82, 2.24) is 14.8 Å². The summed E-state index contributed by atoms with van der Waals surface area (Å²) in [6.45, 7) is 9.11. The molecule has 0 spiro atoms. The van der Waals surface area contributed by atoms with Gasteiger partial charge in [-0.05, 0) is 91.2 Å². The van der Waals surface area contributed by atoms with Crippen LogP contribution in [-0.2, 0) is 17.9 Å². The summed E-state index contributed by atoms with van der Waals surface area (Å²) in [6.07, 6.45) is 0. The molecular formula is C22H25IN4O2S. The van der Waals surface area contributed by atoms with E-state index in [-0.39, 0.29) is 11.7 Å². The number of hydrogen-bond donors (Lipinski definition) is 1. The quantitative estimate of drug-likeness (QED) is 0.319. The van der Waals surface area contributed by atoms with Crippen molar-refractivity contribution in [3.8, 4) is 5.75 Å². The second-order valence-corrected chi connectivity index (χ2v) is 9.19. The van der Waals surface area contributed by atoms with E-state index in [0.29, 0.717) is 18.3 Å². The third kappa shape index (κ3) is 5.75. The molecule has 8 heteroatoms. The van der Waals surface area contributed by atoms with Crippen molar-refractivity contribution in [3.63, 3.8) is 0 Å². The highest BCUT2D eigenvalue weighted by molar-refractivity contribution is 14.1. The molecule has 0 unspecified atom stereocenters. The molecule has 0 bridgehead atoms. The zero-order valence-corrected chi connectivity index (χ0v) is 20.5. The molecule has 1 heterocycles. The van der Waals surface area contributed by atoms with Crippen molar-refractivity contribution in [2.24, 2.45) is 0 Å². The SMILES string of the molecule is CCn1c(COc2cccc(C)c2)nnc1SCC(=O)Nc1c(C)cc(I)cc1C. The summed E-state index contributed by atoms with van der Waals surface area (Å²) in [4.78, 5) is 12.5. The van der Waals surface area contributed by atoms with E-state index < -0.39 is 0 Å². The lowest BCUT2D eigenvalue weighted by molar-refractivity contribution is -0.113. The number of carbonyl (C=O) groups is 1. The van der Waals surface area contributed by atoms with Crippen LogP contribution in [0.5, 0.6) is 5.75 Å². The summed E-state index contributed by atoms with van der Waals surface area (Å²) >= 11 is 3.66. The number of ether oxygens (including phenoxy) is 1. The van der Waals surface area contributed by atoms with Crippen LogP contribution in [0.3, 0.4) is 0 Å². The second kappa shape index (κ2) is 10.3. The van der Waals surface area contributed by atoms with Crippen molar-refractivity contribution >= 4 is 45.9 Å². The van der Waals surface area contributed by atoms with E-state index in [4.69, 9.17) is 4.74 Å². The Morgan fingerprint density at radius 2 is 1.90 bits per heavy atom. The molecular weight excluding hydrogens is 511 g/mol. The Morgan fingerprint density at radius 1 is 1.17 bits per heavy atom. The minimum absolute atomic E-state index is 0.0596. The van der Waals surface area contributed by atoms with Crippen molar-refractivity contribution in [2.75, 3.05) is 11.1 Å². The Morgan fingerprint density at radius 3 is 2.57 bits per heavy atom. The van der Waals surface area contributed by atoms with Gasteiger partial charge in [0.05, 0.1) is 5.75 Å². The van der Waals surface area contributed by atoms with Gasteiger partial charge in [0, 0.05) is 15.8 Å². The first-order chi connectivity index (χ1) is 14.4. The maximum Gasteiger partial charge on any atom is 0.234 e. The second-order valence-electron chi connectivity index (χ2n) is 7.00. The Bertz CT molecular complexity index is 1030. The fraction of sp³-hybridized carbons (Fsp3) is 0.318. The first-order valence-electron chi connectivity index (χ1n) is 9.68. The molecule has 158 valence electrons. The van der Waals surface area contributed by atoms with Gasteiger partial charge in [-0.1, -0.05) is 23.9 Å². The molecule has 0 aliphatic rings. The van der Waals surface area contributed by atoms with Crippen molar-refractivity contribution in [3.05, 3.63) is 62.5 Å². The van der Waals surface area contributed by atoms with Gasteiger partial charge in [0.2, 0.25) is 5.91 Å². The number of halogens is 1. The van der Waals surface area contributed by atoms with E-state index in [1.54, 1.807) is 0 Å². The number of aryl methyl sites for hydroxylation is 3. The summed E-state index contributed by atoms with van der Waals surface area (Å²) in [7, 11) is 0. The lowest BCUT2D eigenvalue weighted by Crippen LogP contribution is -2.16. The van der Waals surface area contributed by atoms with Crippen molar-refractivity contribution in [2.45, 2.75) is 46.0 Å². The number of amides is 1. The third-order valence-corrected chi connectivity index (χ3v) is 6.15. The predicted octanol–water partition coefficient (Wildman–Crippen LogP) is 5.14. The molecule has 0 saturated heterocycles. The van der Waals surface area contributed by atoms with E-state index >= 15 is 0 Å². The van der Waals surface area contributed by atoms with Crippen LogP contribution in [0.15, 0.2) is 41.6 Å². The van der Waals surface area contributed by atoms with E-state index in [2.05, 4.69) is 50.2 Å². The minimum atomic E-state index is -0.0596. The molecule has 0 aliphatic heterocycles. The van der Waals surface area contributed by atoms with Crippen LogP contribution in [0.25, 0.3) is 0 Å². The molecule has 0 atom stereocenters. The molecule has 0 fully saturated rings. The summed E-state index contributed by atoms with van der Waals surface area (Å²) in [5.74, 6) is 1.75. The van der Waals surface area contributed by atoms with E-state index in [1.165, 1.54) is 11.8 Å². The summed E-state index contributed by atoms with van der Waals surface area (Å²) in [6, 6.07) is 12.0. The minimum Gasteiger partial charge on any atom is -0.486 e. The number of thioether (sulfide) groups is 1. The zero-order chi connectivity index (χ0) is 21.7. The predicted molar refractivity (Wildman–Crippen MR) is 129 cm³/mol. The van der Waals surface area contributed by atoms with Crippen LogP contribution in [0.4, 0.5) is 5.69 Å². The fourth-order valence-corrected chi connectivity index (χ4v) is 4.87. The standard InChI is InChI=1S/C22H25IN4O2S/c1-5-27-19(12-29-18-8-6-7-14(2)9-18)25-26-22(27)30-13-20(28)24-21-15(3)10-17(23)11-16(21)4/h6-11H,5,12-13H2,1-4H3,(H,24,28). The molecule has 0 saturated carbocycles. The fourth-order valence-electron chi connectivity index (χ4n) is 3.12. The molecule has 3 aromatic rings. The van der Waals surface area contributed by atoms with Gasteiger partial charge in [0.1, 0.15) is 12.4 Å². The van der Waals surface area contributed by atoms with Gasteiger partial charge in [0.25, 0.3) is 0 Å². The van der Waals surface area contributed by atoms with Gasteiger partial charge in [-0.3, -0.25) is 4.79 Å². The largest absolute Gasteiger partial charge is 0.486 e. The number of anilines is 1. The molecule has 3 rings (SSSR count). The number of carbonyl (C=O) groups excluding carboxylic acids is 1. The van der Waals surface area contributed by atoms with Gasteiger partial charge < -0.3 is 14.6 Å². The number of hydrogen-bond acceptors (Lipinski definition) is 5. The highest BCUT2D eigenvalue weighted by Crippen LogP contribution is 2.24. The maximum atomic E-state index is 12.5. The molecule has 2 aromatic carbocycles. The smallest absolute Gasteiger partial charge is 0.234 e. The molecule has 6 nitrogen and oxygen atoms in total. The van der Waals surface area contributed by atoms with Gasteiger partial charge >= 0.3 is 0 Å². The Hall–Kier alpha value is -2.07. The van der Waals surface area contributed by atoms with Gasteiger partial charge in [-0.2, -0.15) is 0 Å². The van der Waals surface area contributed by atoms with Gasteiger partial charge in [-0.25, -0.2) is 0 Å². The van der Waals surface area contributed by atoms with Gasteiger partial charge in [0.15, 0.2) is 11.0 Å². The van der Waals surface area contributed by atoms with Crippen LogP contribution in [-0.4, -0.2) is 26.4 Å². The molecule has 30 heavy (non-hydrogen) atoms. The molecule has 1 amide bonds. The summed E-state index contributed by atoms with van der Waals surface area (Å²) in [5, 5.41) is 12.3. The summed E-state index contributed by atoms with van der Waals surface area (Å²) < 4.78 is 9.00.